The van der Waals surface area contributed by atoms with E-state index in [0.29, 0.717) is 18.9 Å². The largest absolute Gasteiger partial charge is 0.374 e. The van der Waals surface area contributed by atoms with Gasteiger partial charge in [-0.3, -0.25) is 4.99 Å². The molecule has 1 fully saturated rings. The highest BCUT2D eigenvalue weighted by Gasteiger charge is 2.28. The molecule has 0 aromatic heterocycles. The van der Waals surface area contributed by atoms with Gasteiger partial charge in [0, 0.05) is 38.9 Å². The number of aryl methyl sites for hydroxylation is 1. The van der Waals surface area contributed by atoms with Crippen molar-refractivity contribution in [3.8, 4) is 0 Å². The van der Waals surface area contributed by atoms with Crippen LogP contribution in [0.2, 0.25) is 0 Å². The van der Waals surface area contributed by atoms with Crippen LogP contribution in [0.25, 0.3) is 0 Å². The summed E-state index contributed by atoms with van der Waals surface area (Å²) < 4.78 is 23.1. The quantitative estimate of drug-likeness (QED) is 0.392. The Morgan fingerprint density at radius 3 is 2.88 bits per heavy atom. The van der Waals surface area contributed by atoms with Crippen LogP contribution in [0, 0.1) is 0 Å². The minimum Gasteiger partial charge on any atom is -0.374 e. The van der Waals surface area contributed by atoms with E-state index in [1.165, 1.54) is 23.2 Å². The number of anilines is 1. The third kappa shape index (κ3) is 5.22. The highest BCUT2D eigenvalue weighted by molar-refractivity contribution is 14.0. The van der Waals surface area contributed by atoms with Crippen LogP contribution in [0.1, 0.15) is 24.0 Å². The number of halogens is 1. The molecule has 3 rings (SSSR count). The van der Waals surface area contributed by atoms with E-state index >= 15 is 0 Å². The minimum atomic E-state index is -2.88. The van der Waals surface area contributed by atoms with Gasteiger partial charge < -0.3 is 15.5 Å². The van der Waals surface area contributed by atoms with E-state index < -0.39 is 9.84 Å². The molecular weight excluding hydrogens is 451 g/mol. The van der Waals surface area contributed by atoms with E-state index in [-0.39, 0.29) is 41.5 Å². The van der Waals surface area contributed by atoms with Gasteiger partial charge in [-0.25, -0.2) is 8.42 Å². The standard InChI is InChI=1S/C17H26N4O2S.HI/c1-18-17(20-15-7-9-24(22,23)12-15)19-11-13-5-6-16-14(10-13)4-3-8-21(16)2;/h5-6,10,15H,3-4,7-9,11-12H2,1-2H3,(H2,18,19,20);1H. The summed E-state index contributed by atoms with van der Waals surface area (Å²) in [5, 5.41) is 6.50. The predicted molar refractivity (Wildman–Crippen MR) is 114 cm³/mol. The first-order valence-corrected chi connectivity index (χ1v) is 10.3. The number of nitrogens with zero attached hydrogens (tertiary/aromatic N) is 2. The molecule has 6 nitrogen and oxygen atoms in total. The van der Waals surface area contributed by atoms with E-state index in [9.17, 15) is 8.42 Å². The fraction of sp³-hybridized carbons (Fsp3) is 0.588. The van der Waals surface area contributed by atoms with Crippen LogP contribution in [0.15, 0.2) is 23.2 Å². The van der Waals surface area contributed by atoms with Crippen LogP contribution in [0.3, 0.4) is 0 Å². The average molecular weight is 478 g/mol. The maximum absolute atomic E-state index is 11.5. The molecule has 2 aliphatic rings. The lowest BCUT2D eigenvalue weighted by Crippen LogP contribution is -2.43. The first-order chi connectivity index (χ1) is 11.5. The van der Waals surface area contributed by atoms with Gasteiger partial charge in [-0.15, -0.1) is 24.0 Å². The normalized spacial score (nSPS) is 22.1. The molecule has 0 amide bonds. The summed E-state index contributed by atoms with van der Waals surface area (Å²) in [5.41, 5.74) is 3.93. The Morgan fingerprint density at radius 1 is 1.40 bits per heavy atom. The maximum Gasteiger partial charge on any atom is 0.191 e. The van der Waals surface area contributed by atoms with Gasteiger partial charge in [0.1, 0.15) is 0 Å². The van der Waals surface area contributed by atoms with Gasteiger partial charge in [-0.05, 0) is 36.5 Å². The van der Waals surface area contributed by atoms with Crippen molar-refractivity contribution in [1.82, 2.24) is 10.6 Å². The van der Waals surface area contributed by atoms with E-state index in [2.05, 4.69) is 45.8 Å². The van der Waals surface area contributed by atoms with Crippen molar-refractivity contribution in [2.45, 2.75) is 31.8 Å². The molecule has 1 unspecified atom stereocenters. The van der Waals surface area contributed by atoms with Crippen LogP contribution in [-0.4, -0.2) is 52.6 Å². The highest BCUT2D eigenvalue weighted by Crippen LogP contribution is 2.26. The molecular formula is C17H27IN4O2S. The number of guanidine groups is 1. The molecule has 140 valence electrons. The van der Waals surface area contributed by atoms with E-state index in [1.54, 1.807) is 7.05 Å². The Hall–Kier alpha value is -1.03. The predicted octanol–water partition coefficient (Wildman–Crippen LogP) is 1.54. The smallest absolute Gasteiger partial charge is 0.191 e. The van der Waals surface area contributed by atoms with Gasteiger partial charge in [0.25, 0.3) is 0 Å². The van der Waals surface area contributed by atoms with Gasteiger partial charge in [-0.2, -0.15) is 0 Å². The Labute approximate surface area is 167 Å². The van der Waals surface area contributed by atoms with Crippen LogP contribution in [0.5, 0.6) is 0 Å². The first-order valence-electron chi connectivity index (χ1n) is 8.47. The Bertz CT molecular complexity index is 736. The van der Waals surface area contributed by atoms with Gasteiger partial charge in [0.15, 0.2) is 15.8 Å². The second-order valence-electron chi connectivity index (χ2n) is 6.66. The maximum atomic E-state index is 11.5. The molecule has 0 bridgehead atoms. The van der Waals surface area contributed by atoms with Crippen molar-refractivity contribution < 1.29 is 8.42 Å². The third-order valence-corrected chi connectivity index (χ3v) is 6.52. The van der Waals surface area contributed by atoms with E-state index in [0.717, 1.165) is 13.0 Å². The van der Waals surface area contributed by atoms with Crippen molar-refractivity contribution in [3.05, 3.63) is 29.3 Å². The molecule has 1 saturated heterocycles. The van der Waals surface area contributed by atoms with Gasteiger partial charge >= 0.3 is 0 Å². The number of fused-ring (bicyclic) bond motifs is 1. The lowest BCUT2D eigenvalue weighted by molar-refractivity contribution is 0.599. The minimum absolute atomic E-state index is 0. The zero-order valence-electron chi connectivity index (χ0n) is 14.8. The summed E-state index contributed by atoms with van der Waals surface area (Å²) in [4.78, 5) is 6.51. The first kappa shape index (κ1) is 20.3. The number of aliphatic imine (C=N–C) groups is 1. The molecule has 1 aromatic rings. The summed E-state index contributed by atoms with van der Waals surface area (Å²) in [5.74, 6) is 1.12. The third-order valence-electron chi connectivity index (χ3n) is 4.75. The number of nitrogens with one attached hydrogen (secondary N) is 2. The summed E-state index contributed by atoms with van der Waals surface area (Å²) in [6.45, 7) is 1.79. The van der Waals surface area contributed by atoms with Crippen LogP contribution in [0.4, 0.5) is 5.69 Å². The van der Waals surface area contributed by atoms with Gasteiger partial charge in [0.05, 0.1) is 11.5 Å². The van der Waals surface area contributed by atoms with Crippen molar-refractivity contribution in [2.75, 3.05) is 37.0 Å². The molecule has 2 N–H and O–H groups in total. The molecule has 0 aliphatic carbocycles. The zero-order valence-corrected chi connectivity index (χ0v) is 17.9. The number of sulfone groups is 1. The number of benzene rings is 1. The Kier molecular flexibility index (Phi) is 6.95. The van der Waals surface area contributed by atoms with E-state index in [4.69, 9.17) is 0 Å². The summed E-state index contributed by atoms with van der Waals surface area (Å²) in [7, 11) is 0.963. The SMILES string of the molecule is CN=C(NCc1ccc2c(c1)CCCN2C)NC1CCS(=O)(=O)C1.I. The van der Waals surface area contributed by atoms with Crippen molar-refractivity contribution in [1.29, 1.82) is 0 Å². The Balaban J connectivity index is 0.00000225. The van der Waals surface area contributed by atoms with Gasteiger partial charge in [0.2, 0.25) is 0 Å². The van der Waals surface area contributed by atoms with E-state index in [1.807, 2.05) is 0 Å². The molecule has 2 aliphatic heterocycles. The summed E-state index contributed by atoms with van der Waals surface area (Å²) in [6.07, 6.45) is 2.97. The van der Waals surface area contributed by atoms with Crippen molar-refractivity contribution in [3.63, 3.8) is 0 Å². The van der Waals surface area contributed by atoms with Crippen LogP contribution < -0.4 is 15.5 Å². The highest BCUT2D eigenvalue weighted by atomic mass is 127. The number of hydrogen-bond acceptors (Lipinski definition) is 4. The second kappa shape index (κ2) is 8.57. The van der Waals surface area contributed by atoms with Crippen molar-refractivity contribution >= 4 is 45.5 Å². The number of rotatable bonds is 3. The van der Waals surface area contributed by atoms with Crippen molar-refractivity contribution in [2.24, 2.45) is 4.99 Å². The molecule has 1 atom stereocenters. The van der Waals surface area contributed by atoms with Crippen LogP contribution >= 0.6 is 24.0 Å². The average Bonchev–Trinajstić information content (AvgIpc) is 2.90. The fourth-order valence-corrected chi connectivity index (χ4v) is 5.10. The topological polar surface area (TPSA) is 73.8 Å². The Morgan fingerprint density at radius 2 is 2.20 bits per heavy atom. The lowest BCUT2D eigenvalue weighted by Gasteiger charge is -2.28. The fourth-order valence-electron chi connectivity index (χ4n) is 3.43. The molecule has 0 saturated carbocycles. The second-order valence-corrected chi connectivity index (χ2v) is 8.89. The molecule has 0 spiro atoms. The monoisotopic (exact) mass is 478 g/mol. The molecule has 1 aromatic carbocycles. The summed E-state index contributed by atoms with van der Waals surface area (Å²) >= 11 is 0. The molecule has 2 heterocycles. The molecule has 8 heteroatoms. The molecule has 25 heavy (non-hydrogen) atoms. The zero-order chi connectivity index (χ0) is 17.2. The molecule has 0 radical (unpaired) electrons. The number of hydrogen-bond donors (Lipinski definition) is 2. The van der Waals surface area contributed by atoms with Crippen LogP contribution in [-0.2, 0) is 22.8 Å². The summed E-state index contributed by atoms with van der Waals surface area (Å²) in [6, 6.07) is 6.54. The lowest BCUT2D eigenvalue weighted by atomic mass is 9.99. The van der Waals surface area contributed by atoms with Gasteiger partial charge in [-0.1, -0.05) is 12.1 Å².